The molecule has 0 amide bonds. The minimum atomic E-state index is -3.25. The average Bonchev–Trinajstić information content (AvgIpc) is 3.35. The highest BCUT2D eigenvalue weighted by Crippen LogP contribution is 2.46. The van der Waals surface area contributed by atoms with E-state index in [2.05, 4.69) is 20.1 Å². The van der Waals surface area contributed by atoms with Gasteiger partial charge in [-0.2, -0.15) is 9.40 Å². The van der Waals surface area contributed by atoms with Gasteiger partial charge in [-0.15, -0.1) is 0 Å². The SMILES string of the molecule is CS(=O)(=O)N1C[C@H]2CN(Cc3[nH]nc4ncccc34)C[C@H]2[C@@H]1c1ccccc1. The zero-order chi connectivity index (χ0) is 19.3. The number of rotatable bonds is 4. The van der Waals surface area contributed by atoms with Crippen molar-refractivity contribution in [1.82, 2.24) is 24.4 Å². The average molecular weight is 398 g/mol. The number of H-pyrrole nitrogens is 1. The topological polar surface area (TPSA) is 82.2 Å². The van der Waals surface area contributed by atoms with Crippen LogP contribution in [0.4, 0.5) is 0 Å². The van der Waals surface area contributed by atoms with Gasteiger partial charge in [0, 0.05) is 37.8 Å². The standard InChI is InChI=1S/C20H23N5O2S/c1-28(26,27)25-11-15-10-24(12-17(15)19(25)14-6-3-2-4-7-14)13-18-16-8-5-9-21-20(16)23-22-18/h2-9,15,17,19H,10-13H2,1H3,(H,21,22,23)/t15-,17-,19+/m1/s1. The van der Waals surface area contributed by atoms with Crippen LogP contribution in [0.5, 0.6) is 0 Å². The molecule has 7 nitrogen and oxygen atoms in total. The molecule has 1 aromatic carbocycles. The molecule has 0 radical (unpaired) electrons. The Morgan fingerprint density at radius 1 is 1.11 bits per heavy atom. The Morgan fingerprint density at radius 2 is 1.93 bits per heavy atom. The van der Waals surface area contributed by atoms with Gasteiger partial charge >= 0.3 is 0 Å². The lowest BCUT2D eigenvalue weighted by molar-refractivity contribution is 0.259. The van der Waals surface area contributed by atoms with Gasteiger partial charge in [-0.05, 0) is 29.5 Å². The van der Waals surface area contributed by atoms with Crippen LogP contribution in [0.3, 0.4) is 0 Å². The summed E-state index contributed by atoms with van der Waals surface area (Å²) >= 11 is 0. The molecule has 0 saturated carbocycles. The van der Waals surface area contributed by atoms with E-state index in [-0.39, 0.29) is 6.04 Å². The van der Waals surface area contributed by atoms with Crippen molar-refractivity contribution in [2.45, 2.75) is 12.6 Å². The summed E-state index contributed by atoms with van der Waals surface area (Å²) in [6.07, 6.45) is 3.07. The quantitative estimate of drug-likeness (QED) is 0.728. The summed E-state index contributed by atoms with van der Waals surface area (Å²) in [4.78, 5) is 6.70. The summed E-state index contributed by atoms with van der Waals surface area (Å²) in [7, 11) is -3.25. The first-order valence-electron chi connectivity index (χ1n) is 9.53. The summed E-state index contributed by atoms with van der Waals surface area (Å²) in [5, 5.41) is 8.46. The molecule has 3 atom stereocenters. The molecule has 2 fully saturated rings. The van der Waals surface area contributed by atoms with Crippen molar-refractivity contribution < 1.29 is 8.42 Å². The summed E-state index contributed by atoms with van der Waals surface area (Å²) in [6, 6.07) is 13.9. The number of fused-ring (bicyclic) bond motifs is 2. The minimum Gasteiger partial charge on any atom is -0.297 e. The van der Waals surface area contributed by atoms with Crippen molar-refractivity contribution in [2.75, 3.05) is 25.9 Å². The van der Waals surface area contributed by atoms with E-state index in [1.165, 1.54) is 6.26 Å². The number of nitrogens with zero attached hydrogens (tertiary/aromatic N) is 4. The van der Waals surface area contributed by atoms with E-state index in [1.807, 2.05) is 42.5 Å². The van der Waals surface area contributed by atoms with E-state index in [9.17, 15) is 8.42 Å². The van der Waals surface area contributed by atoms with Crippen LogP contribution in [0.25, 0.3) is 11.0 Å². The molecule has 2 aromatic heterocycles. The van der Waals surface area contributed by atoms with Gasteiger partial charge in [-0.25, -0.2) is 13.4 Å². The molecule has 0 unspecified atom stereocenters. The largest absolute Gasteiger partial charge is 0.297 e. The monoisotopic (exact) mass is 397 g/mol. The fourth-order valence-corrected chi connectivity index (χ4v) is 6.03. The Hall–Kier alpha value is -2.29. The van der Waals surface area contributed by atoms with Crippen molar-refractivity contribution in [2.24, 2.45) is 11.8 Å². The fourth-order valence-electron chi connectivity index (χ4n) is 4.88. The van der Waals surface area contributed by atoms with Crippen LogP contribution in [0.15, 0.2) is 48.7 Å². The Kier molecular flexibility index (Phi) is 4.22. The first-order chi connectivity index (χ1) is 13.5. The predicted molar refractivity (Wildman–Crippen MR) is 107 cm³/mol. The maximum Gasteiger partial charge on any atom is 0.211 e. The van der Waals surface area contributed by atoms with Crippen LogP contribution in [0, 0.1) is 11.8 Å². The molecule has 4 heterocycles. The Morgan fingerprint density at radius 3 is 2.71 bits per heavy atom. The van der Waals surface area contributed by atoms with Crippen LogP contribution in [-0.4, -0.2) is 58.7 Å². The summed E-state index contributed by atoms with van der Waals surface area (Å²) < 4.78 is 26.5. The number of nitrogens with one attached hydrogen (secondary N) is 1. The predicted octanol–water partition coefficient (Wildman–Crippen LogP) is 2.02. The van der Waals surface area contributed by atoms with E-state index >= 15 is 0 Å². The molecular formula is C20H23N5O2S. The molecule has 0 bridgehead atoms. The lowest BCUT2D eigenvalue weighted by Gasteiger charge is -2.28. The van der Waals surface area contributed by atoms with Crippen LogP contribution in [0.2, 0.25) is 0 Å². The maximum atomic E-state index is 12.4. The third-order valence-electron chi connectivity index (χ3n) is 6.05. The van der Waals surface area contributed by atoms with Crippen molar-refractivity contribution >= 4 is 21.1 Å². The maximum absolute atomic E-state index is 12.4. The highest BCUT2D eigenvalue weighted by atomic mass is 32.2. The van der Waals surface area contributed by atoms with Crippen molar-refractivity contribution in [1.29, 1.82) is 0 Å². The van der Waals surface area contributed by atoms with Crippen LogP contribution in [-0.2, 0) is 16.6 Å². The Bertz CT molecular complexity index is 1100. The molecule has 1 N–H and O–H groups in total. The zero-order valence-corrected chi connectivity index (χ0v) is 16.5. The van der Waals surface area contributed by atoms with E-state index in [0.717, 1.165) is 41.9 Å². The highest BCUT2D eigenvalue weighted by molar-refractivity contribution is 7.88. The number of benzene rings is 1. The van der Waals surface area contributed by atoms with Crippen LogP contribution < -0.4 is 0 Å². The number of aromatic amines is 1. The number of hydrogen-bond donors (Lipinski definition) is 1. The van der Waals surface area contributed by atoms with Gasteiger partial charge in [0.15, 0.2) is 5.65 Å². The molecule has 8 heteroatoms. The van der Waals surface area contributed by atoms with Crippen molar-refractivity contribution in [3.05, 3.63) is 59.9 Å². The number of likely N-dealkylation sites (tertiary alicyclic amines) is 1. The number of sulfonamides is 1. The summed E-state index contributed by atoms with van der Waals surface area (Å²) in [5.41, 5.74) is 2.89. The van der Waals surface area contributed by atoms with Gasteiger partial charge in [0.1, 0.15) is 0 Å². The molecule has 2 saturated heterocycles. The number of hydrogen-bond acceptors (Lipinski definition) is 5. The molecular weight excluding hydrogens is 374 g/mol. The molecule has 0 spiro atoms. The molecule has 2 aliphatic rings. The molecule has 2 aliphatic heterocycles. The highest BCUT2D eigenvalue weighted by Gasteiger charge is 2.50. The van der Waals surface area contributed by atoms with Gasteiger partial charge < -0.3 is 0 Å². The third-order valence-corrected chi connectivity index (χ3v) is 7.28. The van der Waals surface area contributed by atoms with E-state index in [4.69, 9.17) is 0 Å². The Balaban J connectivity index is 1.41. The van der Waals surface area contributed by atoms with Gasteiger partial charge in [-0.1, -0.05) is 30.3 Å². The second-order valence-corrected chi connectivity index (χ2v) is 9.82. The molecule has 3 aromatic rings. The number of aromatic nitrogens is 3. The third kappa shape index (κ3) is 3.01. The van der Waals surface area contributed by atoms with E-state index in [1.54, 1.807) is 10.5 Å². The molecule has 146 valence electrons. The Labute approximate surface area is 164 Å². The smallest absolute Gasteiger partial charge is 0.211 e. The second-order valence-electron chi connectivity index (χ2n) is 7.88. The zero-order valence-electron chi connectivity index (χ0n) is 15.7. The normalized spacial score (nSPS) is 26.1. The molecule has 0 aliphatic carbocycles. The fraction of sp³-hybridized carbons (Fsp3) is 0.400. The minimum absolute atomic E-state index is 0.0913. The first-order valence-corrected chi connectivity index (χ1v) is 11.4. The second kappa shape index (κ2) is 6.65. The van der Waals surface area contributed by atoms with Crippen molar-refractivity contribution in [3.63, 3.8) is 0 Å². The van der Waals surface area contributed by atoms with Crippen LogP contribution in [0.1, 0.15) is 17.3 Å². The van der Waals surface area contributed by atoms with Gasteiger partial charge in [-0.3, -0.25) is 10.00 Å². The number of pyridine rings is 1. The molecule has 28 heavy (non-hydrogen) atoms. The van der Waals surface area contributed by atoms with Gasteiger partial charge in [0.05, 0.1) is 18.0 Å². The summed E-state index contributed by atoms with van der Waals surface area (Å²) in [6.45, 7) is 3.12. The van der Waals surface area contributed by atoms with E-state index in [0.29, 0.717) is 18.4 Å². The summed E-state index contributed by atoms with van der Waals surface area (Å²) in [5.74, 6) is 0.636. The first kappa shape index (κ1) is 17.8. The van der Waals surface area contributed by atoms with Crippen molar-refractivity contribution in [3.8, 4) is 0 Å². The molecule has 5 rings (SSSR count). The lowest BCUT2D eigenvalue weighted by atomic mass is 9.90. The van der Waals surface area contributed by atoms with Gasteiger partial charge in [0.2, 0.25) is 10.0 Å². The van der Waals surface area contributed by atoms with E-state index < -0.39 is 10.0 Å². The van der Waals surface area contributed by atoms with Gasteiger partial charge in [0.25, 0.3) is 0 Å². The lowest BCUT2D eigenvalue weighted by Crippen LogP contribution is -2.35. The van der Waals surface area contributed by atoms with Crippen LogP contribution >= 0.6 is 0 Å².